The average molecular weight is 282 g/mol. The highest BCUT2D eigenvalue weighted by atomic mass is 35.5. The molecule has 0 bridgehead atoms. The average Bonchev–Trinajstić information content (AvgIpc) is 2.24. The van der Waals surface area contributed by atoms with Gasteiger partial charge in [0.1, 0.15) is 5.38 Å². The molecule has 0 aliphatic carbocycles. The first-order chi connectivity index (χ1) is 7.45. The molecule has 0 radical (unpaired) electrons. The van der Waals surface area contributed by atoms with Crippen molar-refractivity contribution in [2.45, 2.75) is 18.7 Å². The third-order valence-corrected chi connectivity index (χ3v) is 3.28. The standard InChI is InChI=1S/C11H11Cl3O2/c1-6-3-9(13)7(4-8(6)12)5-10(14)11(15)16-2/h3-4,10H,5H2,1-2H3. The smallest absolute Gasteiger partial charge is 0.324 e. The van der Waals surface area contributed by atoms with Gasteiger partial charge in [-0.1, -0.05) is 23.2 Å². The van der Waals surface area contributed by atoms with Crippen LogP contribution in [-0.4, -0.2) is 18.5 Å². The van der Waals surface area contributed by atoms with Crippen LogP contribution in [0.3, 0.4) is 0 Å². The van der Waals surface area contributed by atoms with Crippen molar-refractivity contribution in [2.24, 2.45) is 0 Å². The zero-order valence-electron chi connectivity index (χ0n) is 8.89. The molecule has 2 nitrogen and oxygen atoms in total. The Bertz CT molecular complexity index is 404. The van der Waals surface area contributed by atoms with Crippen LogP contribution in [0.25, 0.3) is 0 Å². The number of ether oxygens (including phenoxy) is 1. The summed E-state index contributed by atoms with van der Waals surface area (Å²) in [5.41, 5.74) is 1.63. The number of aryl methyl sites for hydroxylation is 1. The van der Waals surface area contributed by atoms with Crippen molar-refractivity contribution < 1.29 is 9.53 Å². The van der Waals surface area contributed by atoms with E-state index in [0.29, 0.717) is 16.5 Å². The van der Waals surface area contributed by atoms with Crippen molar-refractivity contribution in [1.29, 1.82) is 0 Å². The molecule has 16 heavy (non-hydrogen) atoms. The molecule has 0 heterocycles. The second-order valence-corrected chi connectivity index (χ2v) is 4.73. The van der Waals surface area contributed by atoms with E-state index in [-0.39, 0.29) is 0 Å². The lowest BCUT2D eigenvalue weighted by atomic mass is 10.1. The SMILES string of the molecule is COC(=O)C(Cl)Cc1cc(Cl)c(C)cc1Cl. The van der Waals surface area contributed by atoms with Crippen LogP contribution in [0.5, 0.6) is 0 Å². The molecule has 0 amide bonds. The van der Waals surface area contributed by atoms with Crippen LogP contribution in [0, 0.1) is 6.92 Å². The summed E-state index contributed by atoms with van der Waals surface area (Å²) in [6, 6.07) is 3.47. The summed E-state index contributed by atoms with van der Waals surface area (Å²) in [5, 5.41) is 0.408. The van der Waals surface area contributed by atoms with Gasteiger partial charge in [-0.15, -0.1) is 11.6 Å². The second-order valence-electron chi connectivity index (χ2n) is 3.39. The van der Waals surface area contributed by atoms with Gasteiger partial charge in [0.15, 0.2) is 0 Å². The van der Waals surface area contributed by atoms with E-state index in [1.165, 1.54) is 7.11 Å². The maximum atomic E-state index is 11.1. The monoisotopic (exact) mass is 280 g/mol. The quantitative estimate of drug-likeness (QED) is 0.625. The predicted octanol–water partition coefficient (Wildman–Crippen LogP) is 3.62. The van der Waals surface area contributed by atoms with Gasteiger partial charge in [0.25, 0.3) is 0 Å². The number of methoxy groups -OCH3 is 1. The summed E-state index contributed by atoms with van der Waals surface area (Å²) in [4.78, 5) is 11.1. The van der Waals surface area contributed by atoms with Gasteiger partial charge >= 0.3 is 5.97 Å². The summed E-state index contributed by atoms with van der Waals surface area (Å²) < 4.78 is 4.53. The summed E-state index contributed by atoms with van der Waals surface area (Å²) in [7, 11) is 1.29. The zero-order valence-corrected chi connectivity index (χ0v) is 11.2. The van der Waals surface area contributed by atoms with Crippen molar-refractivity contribution in [3.8, 4) is 0 Å². The van der Waals surface area contributed by atoms with Crippen LogP contribution in [0.2, 0.25) is 10.0 Å². The van der Waals surface area contributed by atoms with E-state index in [4.69, 9.17) is 34.8 Å². The molecule has 5 heteroatoms. The number of benzene rings is 1. The highest BCUT2D eigenvalue weighted by Crippen LogP contribution is 2.26. The van der Waals surface area contributed by atoms with E-state index in [0.717, 1.165) is 11.1 Å². The van der Waals surface area contributed by atoms with E-state index < -0.39 is 11.3 Å². The number of hydrogen-bond donors (Lipinski definition) is 0. The molecule has 1 atom stereocenters. The van der Waals surface area contributed by atoms with Gasteiger partial charge in [0.05, 0.1) is 7.11 Å². The fourth-order valence-electron chi connectivity index (χ4n) is 1.25. The zero-order chi connectivity index (χ0) is 12.3. The Morgan fingerprint density at radius 1 is 1.38 bits per heavy atom. The fourth-order valence-corrected chi connectivity index (χ4v) is 1.99. The van der Waals surface area contributed by atoms with E-state index in [2.05, 4.69) is 4.74 Å². The maximum absolute atomic E-state index is 11.1. The number of rotatable bonds is 3. The third-order valence-electron chi connectivity index (χ3n) is 2.18. The number of carbonyl (C=O) groups excluding carboxylic acids is 1. The molecule has 1 aromatic carbocycles. The number of alkyl halides is 1. The molecule has 0 aromatic heterocycles. The van der Waals surface area contributed by atoms with E-state index in [9.17, 15) is 4.79 Å². The third kappa shape index (κ3) is 3.27. The lowest BCUT2D eigenvalue weighted by Crippen LogP contribution is -2.18. The van der Waals surface area contributed by atoms with Gasteiger partial charge in [-0.3, -0.25) is 4.79 Å². The summed E-state index contributed by atoms with van der Waals surface area (Å²) in [5.74, 6) is -0.477. The molecule has 0 N–H and O–H groups in total. The van der Waals surface area contributed by atoms with Gasteiger partial charge in [-0.25, -0.2) is 0 Å². The van der Waals surface area contributed by atoms with Gasteiger partial charge in [-0.05, 0) is 30.2 Å². The first-order valence-electron chi connectivity index (χ1n) is 4.62. The maximum Gasteiger partial charge on any atom is 0.324 e. The Morgan fingerprint density at radius 2 is 2.00 bits per heavy atom. The van der Waals surface area contributed by atoms with Crippen molar-refractivity contribution in [2.75, 3.05) is 7.11 Å². The molecule has 0 saturated heterocycles. The molecular weight excluding hydrogens is 270 g/mol. The second kappa shape index (κ2) is 5.76. The largest absolute Gasteiger partial charge is 0.468 e. The van der Waals surface area contributed by atoms with Crippen molar-refractivity contribution in [1.82, 2.24) is 0 Å². The van der Waals surface area contributed by atoms with E-state index in [1.54, 1.807) is 12.1 Å². The van der Waals surface area contributed by atoms with Crippen LogP contribution in [-0.2, 0) is 16.0 Å². The van der Waals surface area contributed by atoms with Crippen LogP contribution in [0.1, 0.15) is 11.1 Å². The lowest BCUT2D eigenvalue weighted by molar-refractivity contribution is -0.140. The molecule has 0 aliphatic rings. The minimum Gasteiger partial charge on any atom is -0.468 e. The van der Waals surface area contributed by atoms with Crippen LogP contribution < -0.4 is 0 Å². The molecule has 1 rings (SSSR count). The van der Waals surface area contributed by atoms with Crippen LogP contribution in [0.4, 0.5) is 0 Å². The molecule has 0 fully saturated rings. The Hall–Kier alpha value is -0.440. The van der Waals surface area contributed by atoms with Gasteiger partial charge in [-0.2, -0.15) is 0 Å². The first kappa shape index (κ1) is 13.6. The lowest BCUT2D eigenvalue weighted by Gasteiger charge is -2.10. The van der Waals surface area contributed by atoms with Crippen molar-refractivity contribution in [3.05, 3.63) is 33.3 Å². The molecule has 1 aromatic rings. The van der Waals surface area contributed by atoms with Crippen LogP contribution in [0.15, 0.2) is 12.1 Å². The Balaban J connectivity index is 2.89. The predicted molar refractivity (Wildman–Crippen MR) is 66.6 cm³/mol. The first-order valence-corrected chi connectivity index (χ1v) is 5.81. The minimum absolute atomic E-state index is 0.299. The topological polar surface area (TPSA) is 26.3 Å². The van der Waals surface area contributed by atoms with Gasteiger partial charge in [0, 0.05) is 16.5 Å². The molecule has 1 unspecified atom stereocenters. The Morgan fingerprint density at radius 3 is 2.56 bits per heavy atom. The van der Waals surface area contributed by atoms with Crippen LogP contribution >= 0.6 is 34.8 Å². The summed E-state index contributed by atoms with van der Waals surface area (Å²) >= 11 is 17.8. The molecule has 0 aliphatic heterocycles. The molecule has 0 saturated carbocycles. The van der Waals surface area contributed by atoms with Crippen molar-refractivity contribution >= 4 is 40.8 Å². The number of halogens is 3. The molecular formula is C11H11Cl3O2. The normalized spacial score (nSPS) is 12.3. The van der Waals surface area contributed by atoms with E-state index >= 15 is 0 Å². The Labute approximate surface area is 109 Å². The number of carbonyl (C=O) groups is 1. The summed E-state index contributed by atoms with van der Waals surface area (Å²) in [6.45, 7) is 1.86. The summed E-state index contributed by atoms with van der Waals surface area (Å²) in [6.07, 6.45) is 0.299. The van der Waals surface area contributed by atoms with E-state index in [1.807, 2.05) is 6.92 Å². The molecule has 88 valence electrons. The highest BCUT2D eigenvalue weighted by molar-refractivity contribution is 6.34. The Kier molecular flexibility index (Phi) is 4.90. The van der Waals surface area contributed by atoms with Gasteiger partial charge in [0.2, 0.25) is 0 Å². The highest BCUT2D eigenvalue weighted by Gasteiger charge is 2.18. The fraction of sp³-hybridized carbons (Fsp3) is 0.364. The number of hydrogen-bond acceptors (Lipinski definition) is 2. The van der Waals surface area contributed by atoms with Gasteiger partial charge < -0.3 is 4.74 Å². The molecule has 0 spiro atoms. The minimum atomic E-state index is -0.749. The van der Waals surface area contributed by atoms with Crippen molar-refractivity contribution in [3.63, 3.8) is 0 Å². The number of esters is 1.